The molecule has 4 aliphatic carbocycles. The fraction of sp³-hybridized carbons (Fsp3) is 0.952. The fourth-order valence-corrected chi connectivity index (χ4v) is 8.04. The average Bonchev–Trinajstić information content (AvgIpc) is 2.77. The molecule has 4 fully saturated rings. The summed E-state index contributed by atoms with van der Waals surface area (Å²) >= 11 is 0. The summed E-state index contributed by atoms with van der Waals surface area (Å²) in [5, 5.41) is 10.6. The van der Waals surface area contributed by atoms with Crippen molar-refractivity contribution in [3.05, 3.63) is 0 Å². The topological polar surface area (TPSA) is 37.3 Å². The Morgan fingerprint density at radius 2 is 1.74 bits per heavy atom. The van der Waals surface area contributed by atoms with E-state index < -0.39 is 6.10 Å². The molecule has 0 spiro atoms. The zero-order valence-corrected chi connectivity index (χ0v) is 15.2. The van der Waals surface area contributed by atoms with E-state index in [1.165, 1.54) is 44.9 Å². The van der Waals surface area contributed by atoms with Crippen LogP contribution in [0.5, 0.6) is 0 Å². The van der Waals surface area contributed by atoms with Gasteiger partial charge in [-0.05, 0) is 86.4 Å². The van der Waals surface area contributed by atoms with E-state index in [0.717, 1.165) is 30.6 Å². The van der Waals surface area contributed by atoms with E-state index in [-0.39, 0.29) is 17.1 Å². The number of aliphatic hydroxyl groups is 1. The zero-order chi connectivity index (χ0) is 16.4. The van der Waals surface area contributed by atoms with Crippen LogP contribution in [0.15, 0.2) is 0 Å². The van der Waals surface area contributed by atoms with Gasteiger partial charge in [-0.15, -0.1) is 0 Å². The van der Waals surface area contributed by atoms with Gasteiger partial charge in [0.2, 0.25) is 0 Å². The van der Waals surface area contributed by atoms with E-state index in [4.69, 9.17) is 0 Å². The number of ketones is 1. The van der Waals surface area contributed by atoms with E-state index in [2.05, 4.69) is 13.8 Å². The van der Waals surface area contributed by atoms with Gasteiger partial charge in [-0.25, -0.2) is 0 Å². The van der Waals surface area contributed by atoms with Crippen molar-refractivity contribution >= 4 is 5.78 Å². The fourth-order valence-electron chi connectivity index (χ4n) is 8.04. The lowest BCUT2D eigenvalue weighted by atomic mass is 9.45. The SMILES string of the molecule is CC(=O)[C@H]1C(O)C[C@H]2[C@@H]3CCC4CCCC[C@]4(C)[C@H]3CC[C@]12C. The van der Waals surface area contributed by atoms with Gasteiger partial charge in [0.05, 0.1) is 6.10 Å². The van der Waals surface area contributed by atoms with Crippen LogP contribution in [0.1, 0.15) is 78.6 Å². The molecule has 1 N–H and O–H groups in total. The predicted molar refractivity (Wildman–Crippen MR) is 91.9 cm³/mol. The number of rotatable bonds is 1. The maximum absolute atomic E-state index is 12.2. The third-order valence-corrected chi connectivity index (χ3v) is 9.05. The number of hydrogen-bond donors (Lipinski definition) is 1. The van der Waals surface area contributed by atoms with Gasteiger partial charge in [-0.3, -0.25) is 4.79 Å². The summed E-state index contributed by atoms with van der Waals surface area (Å²) in [5.74, 6) is 3.23. The van der Waals surface area contributed by atoms with E-state index in [1.807, 2.05) is 0 Å². The summed E-state index contributed by atoms with van der Waals surface area (Å²) < 4.78 is 0. The van der Waals surface area contributed by atoms with Crippen molar-refractivity contribution < 1.29 is 9.90 Å². The van der Waals surface area contributed by atoms with Gasteiger partial charge in [0.25, 0.3) is 0 Å². The molecule has 8 atom stereocenters. The first-order valence-corrected chi connectivity index (χ1v) is 10.1. The van der Waals surface area contributed by atoms with Crippen LogP contribution in [-0.2, 0) is 4.79 Å². The number of carbonyl (C=O) groups is 1. The highest BCUT2D eigenvalue weighted by molar-refractivity contribution is 5.80. The van der Waals surface area contributed by atoms with Crippen LogP contribution in [0.3, 0.4) is 0 Å². The van der Waals surface area contributed by atoms with Gasteiger partial charge in [0.15, 0.2) is 0 Å². The molecule has 0 aromatic rings. The Balaban J connectivity index is 1.66. The largest absolute Gasteiger partial charge is 0.392 e. The molecule has 0 amide bonds. The molecule has 0 bridgehead atoms. The quantitative estimate of drug-likeness (QED) is 0.767. The van der Waals surface area contributed by atoms with Crippen LogP contribution in [0.25, 0.3) is 0 Å². The molecule has 130 valence electrons. The lowest BCUT2D eigenvalue weighted by molar-refractivity contribution is -0.135. The first kappa shape index (κ1) is 16.1. The second kappa shape index (κ2) is 5.31. The summed E-state index contributed by atoms with van der Waals surface area (Å²) in [5.41, 5.74) is 0.603. The number of Topliss-reactive ketones (excluding diaryl/α,β-unsaturated/α-hetero) is 1. The predicted octanol–water partition coefficient (Wildman–Crippen LogP) is 4.60. The van der Waals surface area contributed by atoms with Crippen LogP contribution in [-0.4, -0.2) is 17.0 Å². The van der Waals surface area contributed by atoms with Gasteiger partial charge in [0.1, 0.15) is 5.78 Å². The van der Waals surface area contributed by atoms with Crippen molar-refractivity contribution in [2.24, 2.45) is 40.4 Å². The molecule has 4 aliphatic rings. The van der Waals surface area contributed by atoms with E-state index in [0.29, 0.717) is 11.3 Å². The molecule has 23 heavy (non-hydrogen) atoms. The maximum Gasteiger partial charge on any atom is 0.136 e. The number of hydrogen-bond acceptors (Lipinski definition) is 2. The van der Waals surface area contributed by atoms with Crippen molar-refractivity contribution in [2.75, 3.05) is 0 Å². The van der Waals surface area contributed by atoms with Crippen LogP contribution in [0.4, 0.5) is 0 Å². The molecule has 0 aromatic heterocycles. The minimum Gasteiger partial charge on any atom is -0.392 e. The van der Waals surface area contributed by atoms with Gasteiger partial charge in [-0.1, -0.05) is 26.7 Å². The normalized spacial score (nSPS) is 55.7. The summed E-state index contributed by atoms with van der Waals surface area (Å²) in [7, 11) is 0. The smallest absolute Gasteiger partial charge is 0.136 e. The zero-order valence-electron chi connectivity index (χ0n) is 15.2. The minimum atomic E-state index is -0.391. The second-order valence-corrected chi connectivity index (χ2v) is 9.84. The highest BCUT2D eigenvalue weighted by Gasteiger charge is 2.62. The lowest BCUT2D eigenvalue weighted by Crippen LogP contribution is -2.53. The average molecular weight is 319 g/mol. The Morgan fingerprint density at radius 1 is 0.957 bits per heavy atom. The second-order valence-electron chi connectivity index (χ2n) is 9.84. The first-order chi connectivity index (χ1) is 10.9. The van der Waals surface area contributed by atoms with Crippen LogP contribution in [0.2, 0.25) is 0 Å². The molecule has 2 unspecified atom stereocenters. The molecule has 0 heterocycles. The van der Waals surface area contributed by atoms with Gasteiger partial charge >= 0.3 is 0 Å². The monoisotopic (exact) mass is 318 g/mol. The molecule has 0 aliphatic heterocycles. The third-order valence-electron chi connectivity index (χ3n) is 9.05. The Kier molecular flexibility index (Phi) is 3.72. The Morgan fingerprint density at radius 3 is 2.48 bits per heavy atom. The third kappa shape index (κ3) is 2.12. The highest BCUT2D eigenvalue weighted by atomic mass is 16.3. The van der Waals surface area contributed by atoms with E-state index in [1.54, 1.807) is 6.92 Å². The van der Waals surface area contributed by atoms with Gasteiger partial charge < -0.3 is 5.11 Å². The molecule has 0 radical (unpaired) electrons. The van der Waals surface area contributed by atoms with Gasteiger partial charge in [-0.2, -0.15) is 0 Å². The molecular weight excluding hydrogens is 284 g/mol. The summed E-state index contributed by atoms with van der Waals surface area (Å²) in [4.78, 5) is 12.2. The Hall–Kier alpha value is -0.370. The number of carbonyl (C=O) groups excluding carboxylic acids is 1. The van der Waals surface area contributed by atoms with Crippen molar-refractivity contribution in [1.29, 1.82) is 0 Å². The van der Waals surface area contributed by atoms with Crippen molar-refractivity contribution in [2.45, 2.75) is 84.7 Å². The van der Waals surface area contributed by atoms with E-state index in [9.17, 15) is 9.90 Å². The first-order valence-electron chi connectivity index (χ1n) is 10.1. The van der Waals surface area contributed by atoms with Crippen molar-refractivity contribution in [1.82, 2.24) is 0 Å². The molecule has 2 nitrogen and oxygen atoms in total. The summed E-state index contributed by atoms with van der Waals surface area (Å²) in [6.45, 7) is 6.61. The molecule has 2 heteroatoms. The standard InChI is InChI=1S/C21H34O2/c1-13(22)19-18(23)12-17-15-8-7-14-6-4-5-10-20(14,2)16(15)9-11-21(17,19)3/h14-19,23H,4-12H2,1-3H3/t14?,15-,16+,17+,18?,19+,20+,21+/m1/s1. The Labute approximate surface area is 141 Å². The highest BCUT2D eigenvalue weighted by Crippen LogP contribution is 2.67. The molecule has 0 aromatic carbocycles. The van der Waals surface area contributed by atoms with Gasteiger partial charge in [0, 0.05) is 5.92 Å². The lowest BCUT2D eigenvalue weighted by Gasteiger charge is -2.60. The van der Waals surface area contributed by atoms with Crippen molar-refractivity contribution in [3.8, 4) is 0 Å². The maximum atomic E-state index is 12.2. The van der Waals surface area contributed by atoms with Crippen LogP contribution < -0.4 is 0 Å². The number of aliphatic hydroxyl groups excluding tert-OH is 1. The molecular formula is C21H34O2. The molecule has 4 saturated carbocycles. The number of fused-ring (bicyclic) bond motifs is 5. The summed E-state index contributed by atoms with van der Waals surface area (Å²) in [6.07, 6.45) is 11.4. The van der Waals surface area contributed by atoms with Crippen molar-refractivity contribution in [3.63, 3.8) is 0 Å². The molecule has 0 saturated heterocycles. The minimum absolute atomic E-state index is 0.0598. The van der Waals surface area contributed by atoms with Crippen LogP contribution >= 0.6 is 0 Å². The van der Waals surface area contributed by atoms with E-state index >= 15 is 0 Å². The Bertz CT molecular complexity index is 500. The molecule has 4 rings (SSSR count). The summed E-state index contributed by atoms with van der Waals surface area (Å²) in [6, 6.07) is 0. The van der Waals surface area contributed by atoms with Crippen LogP contribution in [0, 0.1) is 40.4 Å².